The van der Waals surface area contributed by atoms with Crippen LogP contribution in [0, 0.1) is 5.82 Å². The number of hydrogen-bond acceptors (Lipinski definition) is 3. The third kappa shape index (κ3) is 2.54. The van der Waals surface area contributed by atoms with Gasteiger partial charge in [-0.25, -0.2) is 4.39 Å². The summed E-state index contributed by atoms with van der Waals surface area (Å²) in [6, 6.07) is 3.23. The Morgan fingerprint density at radius 3 is 2.95 bits per heavy atom. The molecule has 20 heavy (non-hydrogen) atoms. The molecule has 0 saturated heterocycles. The summed E-state index contributed by atoms with van der Waals surface area (Å²) in [7, 11) is 0. The zero-order chi connectivity index (χ0) is 14.7. The van der Waals surface area contributed by atoms with Gasteiger partial charge in [-0.3, -0.25) is 19.7 Å². The van der Waals surface area contributed by atoms with Gasteiger partial charge >= 0.3 is 0 Å². The van der Waals surface area contributed by atoms with Crippen molar-refractivity contribution in [3.63, 3.8) is 0 Å². The van der Waals surface area contributed by atoms with Crippen LogP contribution in [0.2, 0.25) is 0 Å². The average Bonchev–Trinajstić information content (AvgIpc) is 2.72. The Kier molecular flexibility index (Phi) is 4.12. The summed E-state index contributed by atoms with van der Waals surface area (Å²) in [6.45, 7) is 2.07. The topological polar surface area (TPSA) is 66.5 Å². The van der Waals surface area contributed by atoms with Gasteiger partial charge in [-0.1, -0.05) is 13.3 Å². The van der Waals surface area contributed by atoms with Gasteiger partial charge in [0.25, 0.3) is 5.91 Å². The molecule has 1 aliphatic rings. The van der Waals surface area contributed by atoms with Crippen LogP contribution in [0.1, 0.15) is 35.7 Å². The molecule has 1 heterocycles. The van der Waals surface area contributed by atoms with E-state index in [9.17, 15) is 18.8 Å². The minimum Gasteiger partial charge on any atom is -0.322 e. The molecule has 3 amide bonds. The Morgan fingerprint density at radius 2 is 2.30 bits per heavy atom. The monoisotopic (exact) mass is 278 g/mol. The van der Waals surface area contributed by atoms with Crippen LogP contribution < -0.4 is 5.32 Å². The second-order valence-electron chi connectivity index (χ2n) is 4.67. The van der Waals surface area contributed by atoms with E-state index in [2.05, 4.69) is 5.32 Å². The number of nitrogens with zero attached hydrogens (tertiary/aromatic N) is 1. The number of carbonyl (C=O) groups is 3. The van der Waals surface area contributed by atoms with Crippen molar-refractivity contribution in [2.45, 2.75) is 32.4 Å². The van der Waals surface area contributed by atoms with Crippen LogP contribution in [-0.2, 0) is 16.1 Å². The molecule has 0 spiro atoms. The van der Waals surface area contributed by atoms with Crippen molar-refractivity contribution in [3.8, 4) is 0 Å². The third-order valence-electron chi connectivity index (χ3n) is 3.34. The Balaban J connectivity index is 2.26. The number of fused-ring (bicyclic) bond motifs is 1. The summed E-state index contributed by atoms with van der Waals surface area (Å²) in [4.78, 5) is 35.9. The first-order chi connectivity index (χ1) is 9.58. The number of imide groups is 1. The molecule has 1 unspecified atom stereocenters. The summed E-state index contributed by atoms with van der Waals surface area (Å²) >= 11 is 0. The van der Waals surface area contributed by atoms with Crippen molar-refractivity contribution in [1.29, 1.82) is 0 Å². The van der Waals surface area contributed by atoms with Crippen molar-refractivity contribution < 1.29 is 18.8 Å². The summed E-state index contributed by atoms with van der Waals surface area (Å²) in [5.41, 5.74) is 0.974. The number of rotatable bonds is 5. The van der Waals surface area contributed by atoms with E-state index >= 15 is 0 Å². The van der Waals surface area contributed by atoms with Crippen LogP contribution in [0.25, 0.3) is 0 Å². The second-order valence-corrected chi connectivity index (χ2v) is 4.67. The molecule has 1 aliphatic heterocycles. The highest BCUT2D eigenvalue weighted by atomic mass is 19.1. The van der Waals surface area contributed by atoms with E-state index in [4.69, 9.17) is 0 Å². The summed E-state index contributed by atoms with van der Waals surface area (Å²) in [6.07, 6.45) is 1.44. The van der Waals surface area contributed by atoms with Crippen molar-refractivity contribution >= 4 is 18.2 Å². The molecule has 1 atom stereocenters. The fourth-order valence-corrected chi connectivity index (χ4v) is 2.42. The maximum Gasteiger partial charge on any atom is 0.255 e. The lowest BCUT2D eigenvalue weighted by atomic mass is 10.1. The van der Waals surface area contributed by atoms with E-state index in [-0.39, 0.29) is 12.5 Å². The maximum atomic E-state index is 13.2. The van der Waals surface area contributed by atoms with Gasteiger partial charge < -0.3 is 4.90 Å². The highest BCUT2D eigenvalue weighted by molar-refractivity contribution is 6.02. The van der Waals surface area contributed by atoms with Gasteiger partial charge in [0.1, 0.15) is 11.9 Å². The van der Waals surface area contributed by atoms with Gasteiger partial charge in [0.05, 0.1) is 0 Å². The number of carbonyl (C=O) groups excluding carboxylic acids is 3. The molecule has 1 aromatic carbocycles. The van der Waals surface area contributed by atoms with Crippen molar-refractivity contribution in [2.75, 3.05) is 0 Å². The fourth-order valence-electron chi connectivity index (χ4n) is 2.42. The smallest absolute Gasteiger partial charge is 0.255 e. The van der Waals surface area contributed by atoms with E-state index in [0.29, 0.717) is 30.4 Å². The van der Waals surface area contributed by atoms with Crippen LogP contribution in [0.3, 0.4) is 0 Å². The first-order valence-corrected chi connectivity index (χ1v) is 6.42. The first-order valence-electron chi connectivity index (χ1n) is 6.42. The molecule has 106 valence electrons. The average molecular weight is 278 g/mol. The molecule has 5 nitrogen and oxygen atoms in total. The minimum atomic E-state index is -0.715. The lowest BCUT2D eigenvalue weighted by molar-refractivity contribution is -0.129. The number of hydrogen-bond donors (Lipinski definition) is 1. The van der Waals surface area contributed by atoms with Gasteiger partial charge in [-0.2, -0.15) is 0 Å². The molecule has 2 rings (SSSR count). The largest absolute Gasteiger partial charge is 0.322 e. The maximum absolute atomic E-state index is 13.2. The van der Waals surface area contributed by atoms with Gasteiger partial charge in [-0.05, 0) is 30.2 Å². The van der Waals surface area contributed by atoms with E-state index in [0.717, 1.165) is 0 Å². The van der Waals surface area contributed by atoms with Gasteiger partial charge in [0.2, 0.25) is 12.3 Å². The zero-order valence-electron chi connectivity index (χ0n) is 11.1. The second kappa shape index (κ2) is 5.81. The zero-order valence-corrected chi connectivity index (χ0v) is 11.1. The molecule has 0 radical (unpaired) electrons. The Bertz CT molecular complexity index is 559. The predicted octanol–water partition coefficient (Wildman–Crippen LogP) is 1.22. The van der Waals surface area contributed by atoms with Crippen molar-refractivity contribution in [2.24, 2.45) is 0 Å². The normalized spacial score (nSPS) is 14.9. The van der Waals surface area contributed by atoms with Crippen LogP contribution >= 0.6 is 0 Å². The quantitative estimate of drug-likeness (QED) is 0.824. The van der Waals surface area contributed by atoms with Crippen LogP contribution in [0.5, 0.6) is 0 Å². The van der Waals surface area contributed by atoms with Crippen molar-refractivity contribution in [3.05, 3.63) is 35.1 Å². The highest BCUT2D eigenvalue weighted by Crippen LogP contribution is 2.26. The standard InChI is InChI=1S/C14H15FN2O3/c1-2-3-12(13(19)16-8-18)17-7-9-6-10(15)4-5-11(9)14(17)20/h4-6,8,12H,2-3,7H2,1H3,(H,16,18,19). The lowest BCUT2D eigenvalue weighted by Gasteiger charge is -2.25. The summed E-state index contributed by atoms with van der Waals surface area (Å²) < 4.78 is 13.2. The van der Waals surface area contributed by atoms with Crippen LogP contribution in [0.15, 0.2) is 18.2 Å². The third-order valence-corrected chi connectivity index (χ3v) is 3.34. The SMILES string of the molecule is CCCC(C(=O)NC=O)N1Cc2cc(F)ccc2C1=O. The molecule has 1 N–H and O–H groups in total. The molecule has 0 aliphatic carbocycles. The van der Waals surface area contributed by atoms with E-state index in [1.165, 1.54) is 23.1 Å². The predicted molar refractivity (Wildman–Crippen MR) is 69.2 cm³/mol. The van der Waals surface area contributed by atoms with E-state index in [1.807, 2.05) is 6.92 Å². The molecule has 0 bridgehead atoms. The summed E-state index contributed by atoms with van der Waals surface area (Å²) in [5, 5.41) is 2.08. The van der Waals surface area contributed by atoms with Gasteiger partial charge in [0.15, 0.2) is 0 Å². The molecule has 0 aromatic heterocycles. The first kappa shape index (κ1) is 14.2. The van der Waals surface area contributed by atoms with Gasteiger partial charge in [-0.15, -0.1) is 0 Å². The molecular weight excluding hydrogens is 263 g/mol. The Labute approximate surface area is 115 Å². The summed E-state index contributed by atoms with van der Waals surface area (Å²) in [5.74, 6) is -1.23. The molecule has 6 heteroatoms. The minimum absolute atomic E-state index is 0.183. The number of amides is 3. The molecule has 0 saturated carbocycles. The van der Waals surface area contributed by atoms with Crippen LogP contribution in [-0.4, -0.2) is 29.2 Å². The number of benzene rings is 1. The number of nitrogens with one attached hydrogen (secondary N) is 1. The molecule has 0 fully saturated rings. The van der Waals surface area contributed by atoms with Crippen molar-refractivity contribution in [1.82, 2.24) is 10.2 Å². The molecular formula is C14H15FN2O3. The lowest BCUT2D eigenvalue weighted by Crippen LogP contribution is -2.46. The van der Waals surface area contributed by atoms with Gasteiger partial charge in [0, 0.05) is 12.1 Å². The highest BCUT2D eigenvalue weighted by Gasteiger charge is 2.35. The van der Waals surface area contributed by atoms with Crippen LogP contribution in [0.4, 0.5) is 4.39 Å². The fraction of sp³-hybridized carbons (Fsp3) is 0.357. The molecule has 1 aromatic rings. The Hall–Kier alpha value is -2.24. The Morgan fingerprint density at radius 1 is 1.55 bits per heavy atom. The van der Waals surface area contributed by atoms with E-state index < -0.39 is 17.8 Å². The number of halogens is 1. The van der Waals surface area contributed by atoms with E-state index in [1.54, 1.807) is 0 Å².